The molecule has 1 aromatic carbocycles. The number of nitrogens with two attached hydrogens (primary N) is 1. The van der Waals surface area contributed by atoms with Crippen LogP contribution in [0.5, 0.6) is 5.75 Å². The molecule has 4 nitrogen and oxygen atoms in total. The van der Waals surface area contributed by atoms with E-state index >= 15 is 0 Å². The van der Waals surface area contributed by atoms with Crippen LogP contribution in [0, 0.1) is 0 Å². The van der Waals surface area contributed by atoms with Gasteiger partial charge in [0.2, 0.25) is 0 Å². The monoisotopic (exact) mass is 264 g/mol. The van der Waals surface area contributed by atoms with Gasteiger partial charge in [-0.1, -0.05) is 20.8 Å². The minimum absolute atomic E-state index is 0.101. The summed E-state index contributed by atoms with van der Waals surface area (Å²) in [6.45, 7) is 6.27. The van der Waals surface area contributed by atoms with E-state index in [2.05, 4.69) is 26.1 Å². The highest BCUT2D eigenvalue weighted by Gasteiger charge is 2.26. The number of carbonyl (C=O) groups is 1. The molecule has 0 radical (unpaired) electrons. The second kappa shape index (κ2) is 6.45. The number of anilines is 1. The van der Waals surface area contributed by atoms with Crippen molar-refractivity contribution in [1.29, 1.82) is 0 Å². The van der Waals surface area contributed by atoms with E-state index in [0.29, 0.717) is 17.0 Å². The molecule has 3 N–H and O–H groups in total. The first-order chi connectivity index (χ1) is 9.00. The van der Waals surface area contributed by atoms with Gasteiger partial charge < -0.3 is 15.8 Å². The van der Waals surface area contributed by atoms with Crippen molar-refractivity contribution in [3.05, 3.63) is 23.8 Å². The quantitative estimate of drug-likeness (QED) is 0.776. The largest absolute Gasteiger partial charge is 0.497 e. The lowest BCUT2D eigenvalue weighted by atomic mass is 9.89. The molecule has 0 saturated carbocycles. The van der Waals surface area contributed by atoms with E-state index in [9.17, 15) is 4.79 Å². The maximum absolute atomic E-state index is 12.3. The summed E-state index contributed by atoms with van der Waals surface area (Å²) >= 11 is 0. The molecule has 0 aromatic heterocycles. The van der Waals surface area contributed by atoms with Crippen LogP contribution in [0.2, 0.25) is 0 Å². The summed E-state index contributed by atoms with van der Waals surface area (Å²) in [7, 11) is 1.56. The first-order valence-electron chi connectivity index (χ1n) is 6.77. The Morgan fingerprint density at radius 2 is 1.79 bits per heavy atom. The maximum atomic E-state index is 12.3. The SMILES string of the molecule is CCC(CC)(CC)NC(=O)c1cc(N)cc(OC)c1. The fraction of sp³-hybridized carbons (Fsp3) is 0.533. The second-order valence-corrected chi connectivity index (χ2v) is 4.79. The fourth-order valence-corrected chi connectivity index (χ4v) is 2.20. The van der Waals surface area contributed by atoms with Gasteiger partial charge in [0.25, 0.3) is 5.91 Å². The summed E-state index contributed by atoms with van der Waals surface area (Å²) in [5.74, 6) is 0.497. The number of rotatable bonds is 6. The van der Waals surface area contributed by atoms with Crippen molar-refractivity contribution in [2.45, 2.75) is 45.6 Å². The van der Waals surface area contributed by atoms with Gasteiger partial charge in [-0.05, 0) is 31.4 Å². The predicted molar refractivity (Wildman–Crippen MR) is 78.5 cm³/mol. The summed E-state index contributed by atoms with van der Waals surface area (Å²) in [6, 6.07) is 5.07. The van der Waals surface area contributed by atoms with Crippen LogP contribution in [0.1, 0.15) is 50.4 Å². The Kier molecular flexibility index (Phi) is 5.21. The lowest BCUT2D eigenvalue weighted by Crippen LogP contribution is -2.47. The minimum Gasteiger partial charge on any atom is -0.497 e. The number of benzene rings is 1. The summed E-state index contributed by atoms with van der Waals surface area (Å²) in [4.78, 5) is 12.3. The standard InChI is InChI=1S/C15H24N2O2/c1-5-15(6-2,7-3)17-14(18)11-8-12(16)10-13(9-11)19-4/h8-10H,5-7,16H2,1-4H3,(H,17,18). The maximum Gasteiger partial charge on any atom is 0.251 e. The van der Waals surface area contributed by atoms with Crippen LogP contribution in [-0.4, -0.2) is 18.6 Å². The fourth-order valence-electron chi connectivity index (χ4n) is 2.20. The van der Waals surface area contributed by atoms with Gasteiger partial charge in [0.1, 0.15) is 5.75 Å². The molecule has 0 bridgehead atoms. The number of ether oxygens (including phenoxy) is 1. The molecule has 0 fully saturated rings. The summed E-state index contributed by atoms with van der Waals surface area (Å²) in [6.07, 6.45) is 2.72. The Hall–Kier alpha value is -1.71. The molecule has 0 spiro atoms. The molecule has 106 valence electrons. The second-order valence-electron chi connectivity index (χ2n) is 4.79. The van der Waals surface area contributed by atoms with Crippen LogP contribution in [0.4, 0.5) is 5.69 Å². The number of methoxy groups -OCH3 is 1. The molecule has 1 aromatic rings. The minimum atomic E-state index is -0.144. The lowest BCUT2D eigenvalue weighted by molar-refractivity contribution is 0.0888. The van der Waals surface area contributed by atoms with Crippen LogP contribution in [-0.2, 0) is 0 Å². The average Bonchev–Trinajstić information content (AvgIpc) is 2.44. The molecule has 0 atom stereocenters. The Bertz CT molecular complexity index is 432. The third-order valence-corrected chi connectivity index (χ3v) is 3.84. The number of carbonyl (C=O) groups excluding carboxylic acids is 1. The Labute approximate surface area is 115 Å². The summed E-state index contributed by atoms with van der Waals surface area (Å²) in [5, 5.41) is 3.12. The first-order valence-corrected chi connectivity index (χ1v) is 6.77. The highest BCUT2D eigenvalue weighted by atomic mass is 16.5. The van der Waals surface area contributed by atoms with E-state index < -0.39 is 0 Å². The molecular weight excluding hydrogens is 240 g/mol. The van der Waals surface area contributed by atoms with Gasteiger partial charge in [-0.2, -0.15) is 0 Å². The first kappa shape index (κ1) is 15.3. The Morgan fingerprint density at radius 3 is 2.26 bits per heavy atom. The zero-order valence-corrected chi connectivity index (χ0v) is 12.2. The van der Waals surface area contributed by atoms with E-state index in [4.69, 9.17) is 10.5 Å². The van der Waals surface area contributed by atoms with Crippen molar-refractivity contribution in [2.24, 2.45) is 0 Å². The van der Waals surface area contributed by atoms with Crippen molar-refractivity contribution in [2.75, 3.05) is 12.8 Å². The smallest absolute Gasteiger partial charge is 0.251 e. The molecule has 1 rings (SSSR count). The van der Waals surface area contributed by atoms with Gasteiger partial charge in [0, 0.05) is 22.9 Å². The van der Waals surface area contributed by atoms with Gasteiger partial charge in [-0.3, -0.25) is 4.79 Å². The highest BCUT2D eigenvalue weighted by molar-refractivity contribution is 5.96. The Balaban J connectivity index is 2.97. The average molecular weight is 264 g/mol. The topological polar surface area (TPSA) is 64.4 Å². The van der Waals surface area contributed by atoms with Crippen LogP contribution < -0.4 is 15.8 Å². The van der Waals surface area contributed by atoms with Crippen LogP contribution in [0.25, 0.3) is 0 Å². The molecule has 19 heavy (non-hydrogen) atoms. The van der Waals surface area contributed by atoms with Crippen LogP contribution >= 0.6 is 0 Å². The molecule has 4 heteroatoms. The van der Waals surface area contributed by atoms with E-state index in [1.807, 2.05) is 0 Å². The molecule has 0 saturated heterocycles. The summed E-state index contributed by atoms with van der Waals surface area (Å²) < 4.78 is 5.13. The van der Waals surface area contributed by atoms with Gasteiger partial charge >= 0.3 is 0 Å². The normalized spacial score (nSPS) is 11.2. The zero-order chi connectivity index (χ0) is 14.5. The number of hydrogen-bond donors (Lipinski definition) is 2. The van der Waals surface area contributed by atoms with Crippen molar-refractivity contribution in [3.8, 4) is 5.75 Å². The molecule has 0 aliphatic rings. The van der Waals surface area contributed by atoms with Crippen LogP contribution in [0.3, 0.4) is 0 Å². The molecule has 0 aliphatic carbocycles. The summed E-state index contributed by atoms with van der Waals surface area (Å²) in [5.41, 5.74) is 6.70. The highest BCUT2D eigenvalue weighted by Crippen LogP contribution is 2.22. The van der Waals surface area contributed by atoms with E-state index in [1.165, 1.54) is 0 Å². The lowest BCUT2D eigenvalue weighted by Gasteiger charge is -2.31. The molecule has 1 amide bonds. The molecular formula is C15H24N2O2. The predicted octanol–water partition coefficient (Wildman–Crippen LogP) is 2.98. The zero-order valence-electron chi connectivity index (χ0n) is 12.2. The third-order valence-electron chi connectivity index (χ3n) is 3.84. The number of hydrogen-bond acceptors (Lipinski definition) is 3. The van der Waals surface area contributed by atoms with Crippen molar-refractivity contribution in [1.82, 2.24) is 5.32 Å². The van der Waals surface area contributed by atoms with Gasteiger partial charge in [-0.25, -0.2) is 0 Å². The number of amides is 1. The Morgan fingerprint density at radius 1 is 1.21 bits per heavy atom. The van der Waals surface area contributed by atoms with Crippen molar-refractivity contribution in [3.63, 3.8) is 0 Å². The molecule has 0 aliphatic heterocycles. The van der Waals surface area contributed by atoms with Crippen molar-refractivity contribution < 1.29 is 9.53 Å². The number of nitrogen functional groups attached to an aromatic ring is 1. The van der Waals surface area contributed by atoms with E-state index in [-0.39, 0.29) is 11.4 Å². The van der Waals surface area contributed by atoms with Crippen molar-refractivity contribution >= 4 is 11.6 Å². The number of nitrogens with one attached hydrogen (secondary N) is 1. The van der Waals surface area contributed by atoms with E-state index in [0.717, 1.165) is 19.3 Å². The van der Waals surface area contributed by atoms with Crippen LogP contribution in [0.15, 0.2) is 18.2 Å². The molecule has 0 heterocycles. The molecule has 0 unspecified atom stereocenters. The van der Waals surface area contributed by atoms with Gasteiger partial charge in [-0.15, -0.1) is 0 Å². The van der Waals surface area contributed by atoms with Gasteiger partial charge in [0.05, 0.1) is 7.11 Å². The van der Waals surface area contributed by atoms with E-state index in [1.54, 1.807) is 25.3 Å². The van der Waals surface area contributed by atoms with Gasteiger partial charge in [0.15, 0.2) is 0 Å². The third kappa shape index (κ3) is 3.63.